The Hall–Kier alpha value is -1.82. The highest BCUT2D eigenvalue weighted by atomic mass is 16.5. The highest BCUT2D eigenvalue weighted by Crippen LogP contribution is 2.35. The van der Waals surface area contributed by atoms with Crippen molar-refractivity contribution in [1.82, 2.24) is 4.98 Å². The Morgan fingerprint density at radius 3 is 2.68 bits per heavy atom. The van der Waals surface area contributed by atoms with Crippen LogP contribution in [0, 0.1) is 12.3 Å². The van der Waals surface area contributed by atoms with Crippen LogP contribution in [0.25, 0.3) is 0 Å². The summed E-state index contributed by atoms with van der Waals surface area (Å²) in [6.07, 6.45) is 4.70. The smallest absolute Gasteiger partial charge is 0.312 e. The first kappa shape index (κ1) is 18.0. The molecule has 3 heterocycles. The monoisotopic (exact) mass is 347 g/mol. The zero-order valence-corrected chi connectivity index (χ0v) is 15.3. The normalized spacial score (nSPS) is 19.7. The Kier molecular flexibility index (Phi) is 5.78. The maximum atomic E-state index is 12.3. The number of carbonyl (C=O) groups is 1. The van der Waals surface area contributed by atoms with Crippen LogP contribution in [0.2, 0.25) is 0 Å². The fourth-order valence-electron chi connectivity index (χ4n) is 3.83. The lowest BCUT2D eigenvalue weighted by Crippen LogP contribution is -2.39. The molecule has 0 radical (unpaired) electrons. The van der Waals surface area contributed by atoms with Crippen molar-refractivity contribution < 1.29 is 14.3 Å². The number of methoxy groups -OCH3 is 1. The molecule has 0 spiro atoms. The number of rotatable bonds is 6. The third-order valence-corrected chi connectivity index (χ3v) is 5.49. The van der Waals surface area contributed by atoms with Gasteiger partial charge in [-0.1, -0.05) is 0 Å². The molecule has 1 aromatic rings. The second-order valence-electron chi connectivity index (χ2n) is 7.06. The molecule has 2 fully saturated rings. The summed E-state index contributed by atoms with van der Waals surface area (Å²) < 4.78 is 10.5. The average molecular weight is 347 g/mol. The van der Waals surface area contributed by atoms with Gasteiger partial charge >= 0.3 is 5.97 Å². The zero-order chi connectivity index (χ0) is 17.7. The van der Waals surface area contributed by atoms with Crippen LogP contribution in [0.4, 0.5) is 11.5 Å². The van der Waals surface area contributed by atoms with Gasteiger partial charge in [0, 0.05) is 32.8 Å². The molecule has 1 aromatic heterocycles. The predicted octanol–water partition coefficient (Wildman–Crippen LogP) is 2.76. The second-order valence-corrected chi connectivity index (χ2v) is 7.06. The number of ether oxygens (including phenoxy) is 2. The Balaban J connectivity index is 1.59. The largest absolute Gasteiger partial charge is 0.469 e. The molecule has 0 aliphatic carbocycles. The third-order valence-electron chi connectivity index (χ3n) is 5.49. The van der Waals surface area contributed by atoms with E-state index in [1.807, 2.05) is 6.92 Å². The molecule has 3 rings (SSSR count). The average Bonchev–Trinajstić information content (AvgIpc) is 3.18. The molecule has 0 atom stereocenters. The second kappa shape index (κ2) is 8.04. The van der Waals surface area contributed by atoms with Gasteiger partial charge in [-0.3, -0.25) is 4.79 Å². The number of aromatic nitrogens is 1. The van der Waals surface area contributed by atoms with E-state index in [2.05, 4.69) is 22.3 Å². The number of pyridine rings is 1. The van der Waals surface area contributed by atoms with Crippen LogP contribution >= 0.6 is 0 Å². The molecule has 25 heavy (non-hydrogen) atoms. The SMILES string of the molecule is COC(=O)C1(CCNc2ccc(N3CCCC3)nc2C)CCOCC1. The molecule has 0 unspecified atom stereocenters. The van der Waals surface area contributed by atoms with E-state index in [9.17, 15) is 4.79 Å². The van der Waals surface area contributed by atoms with Crippen molar-refractivity contribution in [1.29, 1.82) is 0 Å². The maximum absolute atomic E-state index is 12.3. The summed E-state index contributed by atoms with van der Waals surface area (Å²) in [5, 5.41) is 3.45. The first-order valence-corrected chi connectivity index (χ1v) is 9.27. The van der Waals surface area contributed by atoms with Gasteiger partial charge in [-0.15, -0.1) is 0 Å². The summed E-state index contributed by atoms with van der Waals surface area (Å²) in [4.78, 5) is 19.3. The lowest BCUT2D eigenvalue weighted by molar-refractivity contribution is -0.159. The first-order valence-electron chi connectivity index (χ1n) is 9.27. The van der Waals surface area contributed by atoms with E-state index >= 15 is 0 Å². The van der Waals surface area contributed by atoms with Crippen molar-refractivity contribution in [2.24, 2.45) is 5.41 Å². The van der Waals surface area contributed by atoms with Gasteiger partial charge in [0.1, 0.15) is 5.82 Å². The molecule has 6 nitrogen and oxygen atoms in total. The van der Waals surface area contributed by atoms with E-state index in [1.54, 1.807) is 0 Å². The van der Waals surface area contributed by atoms with Crippen molar-refractivity contribution in [2.45, 2.75) is 39.0 Å². The molecule has 0 bridgehead atoms. The van der Waals surface area contributed by atoms with Gasteiger partial charge < -0.3 is 19.7 Å². The number of nitrogens with zero attached hydrogens (tertiary/aromatic N) is 2. The van der Waals surface area contributed by atoms with E-state index in [-0.39, 0.29) is 5.97 Å². The van der Waals surface area contributed by atoms with Crippen LogP contribution in [0.15, 0.2) is 12.1 Å². The summed E-state index contributed by atoms with van der Waals surface area (Å²) >= 11 is 0. The number of anilines is 2. The van der Waals surface area contributed by atoms with E-state index in [0.717, 1.165) is 56.1 Å². The predicted molar refractivity (Wildman–Crippen MR) is 98.0 cm³/mol. The molecule has 0 aromatic carbocycles. The van der Waals surface area contributed by atoms with Gasteiger partial charge in [0.25, 0.3) is 0 Å². The molecule has 2 aliphatic rings. The number of esters is 1. The molecule has 6 heteroatoms. The van der Waals surface area contributed by atoms with E-state index in [0.29, 0.717) is 13.2 Å². The van der Waals surface area contributed by atoms with Crippen molar-refractivity contribution in [3.8, 4) is 0 Å². The number of aryl methyl sites for hydroxylation is 1. The van der Waals surface area contributed by atoms with E-state index in [1.165, 1.54) is 20.0 Å². The van der Waals surface area contributed by atoms with Crippen LogP contribution in [0.3, 0.4) is 0 Å². The Bertz CT molecular complexity index is 594. The molecule has 2 saturated heterocycles. The Morgan fingerprint density at radius 1 is 1.32 bits per heavy atom. The number of nitrogens with one attached hydrogen (secondary N) is 1. The molecular formula is C19H29N3O3. The van der Waals surface area contributed by atoms with Gasteiger partial charge in [0.15, 0.2) is 0 Å². The highest BCUT2D eigenvalue weighted by molar-refractivity contribution is 5.77. The number of hydrogen-bond acceptors (Lipinski definition) is 6. The lowest BCUT2D eigenvalue weighted by Gasteiger charge is -2.34. The summed E-state index contributed by atoms with van der Waals surface area (Å²) in [6, 6.07) is 4.19. The van der Waals surface area contributed by atoms with Gasteiger partial charge in [-0.25, -0.2) is 4.98 Å². The molecule has 1 N–H and O–H groups in total. The van der Waals surface area contributed by atoms with Crippen molar-refractivity contribution >= 4 is 17.5 Å². The van der Waals surface area contributed by atoms with E-state index in [4.69, 9.17) is 14.5 Å². The quantitative estimate of drug-likeness (QED) is 0.799. The fourth-order valence-corrected chi connectivity index (χ4v) is 3.83. The standard InChI is InChI=1S/C19H29N3O3/c1-15-16(5-6-17(21-15)22-11-3-4-12-22)20-10-7-19(18(23)24-2)8-13-25-14-9-19/h5-6,20H,3-4,7-14H2,1-2H3. The third kappa shape index (κ3) is 4.06. The minimum Gasteiger partial charge on any atom is -0.469 e. The van der Waals surface area contributed by atoms with Gasteiger partial charge in [0.2, 0.25) is 0 Å². The fraction of sp³-hybridized carbons (Fsp3) is 0.684. The molecule has 0 saturated carbocycles. The summed E-state index contributed by atoms with van der Waals surface area (Å²) in [7, 11) is 1.47. The summed E-state index contributed by atoms with van der Waals surface area (Å²) in [5.41, 5.74) is 1.62. The first-order chi connectivity index (χ1) is 12.1. The van der Waals surface area contributed by atoms with Crippen LogP contribution < -0.4 is 10.2 Å². The van der Waals surface area contributed by atoms with Crippen LogP contribution in [-0.4, -0.2) is 50.9 Å². The van der Waals surface area contributed by atoms with Gasteiger partial charge in [0.05, 0.1) is 23.9 Å². The molecule has 138 valence electrons. The Morgan fingerprint density at radius 2 is 2.04 bits per heavy atom. The number of carbonyl (C=O) groups excluding carboxylic acids is 1. The van der Waals surface area contributed by atoms with Crippen LogP contribution in [0.1, 0.15) is 37.8 Å². The maximum Gasteiger partial charge on any atom is 0.312 e. The van der Waals surface area contributed by atoms with Crippen LogP contribution in [-0.2, 0) is 14.3 Å². The summed E-state index contributed by atoms with van der Waals surface area (Å²) in [5.74, 6) is 0.952. The summed E-state index contributed by atoms with van der Waals surface area (Å²) in [6.45, 7) is 6.21. The van der Waals surface area contributed by atoms with E-state index < -0.39 is 5.41 Å². The van der Waals surface area contributed by atoms with Crippen LogP contribution in [0.5, 0.6) is 0 Å². The molecule has 2 aliphatic heterocycles. The minimum atomic E-state index is -0.420. The number of hydrogen-bond donors (Lipinski definition) is 1. The van der Waals surface area contributed by atoms with Gasteiger partial charge in [-0.05, 0) is 51.2 Å². The van der Waals surface area contributed by atoms with Crippen molar-refractivity contribution in [3.05, 3.63) is 17.8 Å². The zero-order valence-electron chi connectivity index (χ0n) is 15.3. The van der Waals surface area contributed by atoms with Crippen molar-refractivity contribution in [3.63, 3.8) is 0 Å². The molecule has 0 amide bonds. The molecular weight excluding hydrogens is 318 g/mol. The minimum absolute atomic E-state index is 0.114. The highest BCUT2D eigenvalue weighted by Gasteiger charge is 2.40. The topological polar surface area (TPSA) is 63.7 Å². The van der Waals surface area contributed by atoms with Crippen molar-refractivity contribution in [2.75, 3.05) is 50.2 Å². The van der Waals surface area contributed by atoms with Gasteiger partial charge in [-0.2, -0.15) is 0 Å². The lowest BCUT2D eigenvalue weighted by atomic mass is 9.77. The Labute approximate surface area is 149 Å².